The summed E-state index contributed by atoms with van der Waals surface area (Å²) < 4.78 is 1.04. The van der Waals surface area contributed by atoms with Crippen LogP contribution in [0.3, 0.4) is 0 Å². The minimum absolute atomic E-state index is 0.0877. The van der Waals surface area contributed by atoms with Crippen molar-refractivity contribution in [3.05, 3.63) is 50.1 Å². The first-order chi connectivity index (χ1) is 11.6. The number of fused-ring (bicyclic) bond motifs is 1. The van der Waals surface area contributed by atoms with Gasteiger partial charge in [0.25, 0.3) is 0 Å². The van der Waals surface area contributed by atoms with Crippen LogP contribution >= 0.6 is 27.3 Å². The molecule has 0 radical (unpaired) electrons. The van der Waals surface area contributed by atoms with Gasteiger partial charge < -0.3 is 5.32 Å². The SMILES string of the molecule is Cc1cc(Br)ccc1NC(=O)CN1CCc2sccc2[C@@H]1C1CC1. The second kappa shape index (κ2) is 6.62. The molecular formula is C19H21BrN2OS. The summed E-state index contributed by atoms with van der Waals surface area (Å²) in [6, 6.07) is 8.67. The molecule has 24 heavy (non-hydrogen) atoms. The van der Waals surface area contributed by atoms with Crippen LogP contribution in [-0.4, -0.2) is 23.9 Å². The van der Waals surface area contributed by atoms with Gasteiger partial charge in [-0.25, -0.2) is 0 Å². The maximum absolute atomic E-state index is 12.6. The molecule has 1 amide bonds. The van der Waals surface area contributed by atoms with Crippen LogP contribution in [0, 0.1) is 12.8 Å². The average Bonchev–Trinajstić information content (AvgIpc) is 3.26. The number of thiophene rings is 1. The van der Waals surface area contributed by atoms with Gasteiger partial charge in [0.2, 0.25) is 5.91 Å². The van der Waals surface area contributed by atoms with E-state index in [0.717, 1.165) is 34.6 Å². The Balaban J connectivity index is 1.47. The Hall–Kier alpha value is -1.17. The Morgan fingerprint density at radius 1 is 1.38 bits per heavy atom. The monoisotopic (exact) mass is 404 g/mol. The molecule has 1 aliphatic carbocycles. The van der Waals surface area contributed by atoms with Crippen molar-refractivity contribution in [2.45, 2.75) is 32.2 Å². The van der Waals surface area contributed by atoms with Crippen molar-refractivity contribution in [3.8, 4) is 0 Å². The highest BCUT2D eigenvalue weighted by Crippen LogP contribution is 2.48. The lowest BCUT2D eigenvalue weighted by molar-refractivity contribution is -0.118. The Bertz CT molecular complexity index is 768. The van der Waals surface area contributed by atoms with Gasteiger partial charge in [-0.1, -0.05) is 15.9 Å². The van der Waals surface area contributed by atoms with Gasteiger partial charge in [-0.05, 0) is 72.9 Å². The highest BCUT2D eigenvalue weighted by molar-refractivity contribution is 9.10. The van der Waals surface area contributed by atoms with Crippen LogP contribution in [0.25, 0.3) is 0 Å². The van der Waals surface area contributed by atoms with Gasteiger partial charge in [0.15, 0.2) is 0 Å². The highest BCUT2D eigenvalue weighted by atomic mass is 79.9. The number of nitrogens with zero attached hydrogens (tertiary/aromatic N) is 1. The van der Waals surface area contributed by atoms with Crippen LogP contribution in [-0.2, 0) is 11.2 Å². The molecule has 1 fully saturated rings. The largest absolute Gasteiger partial charge is 0.325 e. The van der Waals surface area contributed by atoms with Crippen molar-refractivity contribution in [2.75, 3.05) is 18.4 Å². The summed E-state index contributed by atoms with van der Waals surface area (Å²) in [4.78, 5) is 16.5. The van der Waals surface area contributed by atoms with E-state index in [1.54, 1.807) is 0 Å². The minimum Gasteiger partial charge on any atom is -0.325 e. The smallest absolute Gasteiger partial charge is 0.238 e. The van der Waals surface area contributed by atoms with E-state index in [-0.39, 0.29) is 5.91 Å². The zero-order valence-corrected chi connectivity index (χ0v) is 16.1. The van der Waals surface area contributed by atoms with Crippen molar-refractivity contribution in [2.24, 2.45) is 5.92 Å². The van der Waals surface area contributed by atoms with Crippen LogP contribution in [0.4, 0.5) is 5.69 Å². The molecule has 5 heteroatoms. The number of anilines is 1. The number of carbonyl (C=O) groups excluding carboxylic acids is 1. The lowest BCUT2D eigenvalue weighted by Crippen LogP contribution is -2.41. The molecule has 4 rings (SSSR count). The molecule has 1 N–H and O–H groups in total. The zero-order chi connectivity index (χ0) is 16.7. The molecule has 0 unspecified atom stereocenters. The van der Waals surface area contributed by atoms with Crippen molar-refractivity contribution < 1.29 is 4.79 Å². The fourth-order valence-electron chi connectivity index (χ4n) is 3.68. The van der Waals surface area contributed by atoms with Gasteiger partial charge in [0, 0.05) is 27.6 Å². The van der Waals surface area contributed by atoms with Gasteiger partial charge in [-0.3, -0.25) is 9.69 Å². The number of hydrogen-bond acceptors (Lipinski definition) is 3. The Morgan fingerprint density at radius 3 is 2.96 bits per heavy atom. The molecule has 1 aromatic heterocycles. The molecule has 1 aliphatic heterocycles. The maximum Gasteiger partial charge on any atom is 0.238 e. The Labute approximate surface area is 155 Å². The third-order valence-corrected chi connectivity index (χ3v) is 6.49. The van der Waals surface area contributed by atoms with Crippen LogP contribution in [0.5, 0.6) is 0 Å². The van der Waals surface area contributed by atoms with E-state index in [9.17, 15) is 4.79 Å². The standard InChI is InChI=1S/C19H21BrN2OS/c1-12-10-14(20)4-5-16(12)21-18(23)11-22-8-6-17-15(7-9-24-17)19(22)13-2-3-13/h4-5,7,9-10,13,19H,2-3,6,8,11H2,1H3,(H,21,23)/t19-/m0/s1. The predicted molar refractivity (Wildman–Crippen MR) is 103 cm³/mol. The van der Waals surface area contributed by atoms with E-state index in [4.69, 9.17) is 0 Å². The van der Waals surface area contributed by atoms with Crippen LogP contribution < -0.4 is 5.32 Å². The minimum atomic E-state index is 0.0877. The van der Waals surface area contributed by atoms with E-state index < -0.39 is 0 Å². The number of halogens is 1. The first-order valence-corrected chi connectivity index (χ1v) is 10.2. The van der Waals surface area contributed by atoms with E-state index in [1.165, 1.54) is 23.3 Å². The summed E-state index contributed by atoms with van der Waals surface area (Å²) in [5.41, 5.74) is 3.45. The molecule has 126 valence electrons. The van der Waals surface area contributed by atoms with E-state index in [0.29, 0.717) is 12.6 Å². The number of rotatable bonds is 4. The van der Waals surface area contributed by atoms with Gasteiger partial charge >= 0.3 is 0 Å². The van der Waals surface area contributed by atoms with Gasteiger partial charge in [-0.15, -0.1) is 11.3 Å². The number of carbonyl (C=O) groups is 1. The average molecular weight is 405 g/mol. The second-order valence-corrected chi connectivity index (χ2v) is 8.73. The molecule has 2 heterocycles. The summed E-state index contributed by atoms with van der Waals surface area (Å²) in [5, 5.41) is 5.29. The number of nitrogens with one attached hydrogen (secondary N) is 1. The summed E-state index contributed by atoms with van der Waals surface area (Å²) in [6.45, 7) is 3.49. The topological polar surface area (TPSA) is 32.3 Å². The summed E-state index contributed by atoms with van der Waals surface area (Å²) >= 11 is 5.33. The van der Waals surface area contributed by atoms with Crippen LogP contribution in [0.15, 0.2) is 34.1 Å². The molecule has 3 nitrogen and oxygen atoms in total. The van der Waals surface area contributed by atoms with E-state index >= 15 is 0 Å². The van der Waals surface area contributed by atoms with Gasteiger partial charge in [0.05, 0.1) is 6.54 Å². The van der Waals surface area contributed by atoms with Gasteiger partial charge in [0.1, 0.15) is 0 Å². The quantitative estimate of drug-likeness (QED) is 0.795. The predicted octanol–water partition coefficient (Wildman–Crippen LogP) is 4.77. The molecule has 2 aliphatic rings. The molecular weight excluding hydrogens is 384 g/mol. The Kier molecular flexibility index (Phi) is 4.50. The van der Waals surface area contributed by atoms with Crippen LogP contribution in [0.2, 0.25) is 0 Å². The summed E-state index contributed by atoms with van der Waals surface area (Å²) in [5.74, 6) is 0.825. The van der Waals surface area contributed by atoms with Gasteiger partial charge in [-0.2, -0.15) is 0 Å². The van der Waals surface area contributed by atoms with Crippen molar-refractivity contribution in [3.63, 3.8) is 0 Å². The number of hydrogen-bond donors (Lipinski definition) is 1. The first-order valence-electron chi connectivity index (χ1n) is 8.48. The maximum atomic E-state index is 12.6. The van der Waals surface area contributed by atoms with Crippen molar-refractivity contribution in [1.29, 1.82) is 0 Å². The number of aryl methyl sites for hydroxylation is 1. The molecule has 1 aromatic carbocycles. The Morgan fingerprint density at radius 2 is 2.21 bits per heavy atom. The van der Waals surface area contributed by atoms with E-state index in [2.05, 4.69) is 37.6 Å². The molecule has 1 saturated carbocycles. The molecule has 1 atom stereocenters. The molecule has 0 saturated heterocycles. The third kappa shape index (κ3) is 3.30. The fourth-order valence-corrected chi connectivity index (χ4v) is 5.07. The van der Waals surface area contributed by atoms with E-state index in [1.807, 2.05) is 36.5 Å². The van der Waals surface area contributed by atoms with Crippen molar-refractivity contribution >= 4 is 38.9 Å². The second-order valence-electron chi connectivity index (χ2n) is 6.81. The summed E-state index contributed by atoms with van der Waals surface area (Å²) in [6.07, 6.45) is 3.66. The first kappa shape index (κ1) is 16.3. The molecule has 2 aromatic rings. The molecule has 0 bridgehead atoms. The highest BCUT2D eigenvalue weighted by Gasteiger charge is 2.40. The fraction of sp³-hybridized carbons (Fsp3) is 0.421. The zero-order valence-electron chi connectivity index (χ0n) is 13.7. The third-order valence-electron chi connectivity index (χ3n) is 5.00. The van der Waals surface area contributed by atoms with Crippen LogP contribution in [0.1, 0.15) is 34.9 Å². The normalized spacial score (nSPS) is 20.7. The van der Waals surface area contributed by atoms with Crippen molar-refractivity contribution in [1.82, 2.24) is 4.90 Å². The lowest BCUT2D eigenvalue weighted by Gasteiger charge is -2.35. The molecule has 0 spiro atoms. The number of amides is 1. The number of benzene rings is 1. The lowest BCUT2D eigenvalue weighted by atomic mass is 9.96. The summed E-state index contributed by atoms with van der Waals surface area (Å²) in [7, 11) is 0.